The highest BCUT2D eigenvalue weighted by molar-refractivity contribution is 5.79. The molecule has 0 saturated heterocycles. The van der Waals surface area contributed by atoms with Gasteiger partial charge in [-0.25, -0.2) is 4.39 Å². The summed E-state index contributed by atoms with van der Waals surface area (Å²) < 4.78 is 62.9. The lowest BCUT2D eigenvalue weighted by molar-refractivity contribution is -0.138. The van der Waals surface area contributed by atoms with E-state index in [1.165, 1.54) is 7.05 Å². The van der Waals surface area contributed by atoms with Crippen molar-refractivity contribution in [3.63, 3.8) is 0 Å². The first-order valence-corrected chi connectivity index (χ1v) is 8.05. The number of halogens is 4. The van der Waals surface area contributed by atoms with Crippen molar-refractivity contribution < 1.29 is 27.0 Å². The van der Waals surface area contributed by atoms with Gasteiger partial charge in [0.25, 0.3) is 0 Å². The molecule has 2 N–H and O–H groups in total. The Kier molecular flexibility index (Phi) is 5.38. The van der Waals surface area contributed by atoms with Crippen molar-refractivity contribution in [2.45, 2.75) is 19.3 Å². The number of hydrogen-bond donors (Lipinski definition) is 2. The van der Waals surface area contributed by atoms with Crippen molar-refractivity contribution in [1.82, 2.24) is 10.6 Å². The van der Waals surface area contributed by atoms with Crippen LogP contribution in [0, 0.1) is 5.82 Å². The average molecular weight is 383 g/mol. The van der Waals surface area contributed by atoms with E-state index in [1.54, 1.807) is 6.07 Å². The average Bonchev–Trinajstić information content (AvgIpc) is 3.09. The molecule has 0 fully saturated rings. The summed E-state index contributed by atoms with van der Waals surface area (Å²) in [7, 11) is 1.50. The normalized spacial score (nSPS) is 13.6. The van der Waals surface area contributed by atoms with Gasteiger partial charge in [0.2, 0.25) is 6.79 Å². The maximum Gasteiger partial charge on any atom is 0.416 e. The smallest absolute Gasteiger partial charge is 0.416 e. The third-order valence-electron chi connectivity index (χ3n) is 3.94. The standard InChI is InChI=1S/C18H17F4N3O2/c1-23-17(24-8-11-2-5-15-16(6-11)27-10-26-15)25-9-12-3-4-13(19)7-14(12)18(20,21)22/h2-7H,8-10H2,1H3,(H2,23,24,25). The van der Waals surface area contributed by atoms with Gasteiger partial charge >= 0.3 is 6.18 Å². The minimum absolute atomic E-state index is 0.0741. The molecule has 0 atom stereocenters. The van der Waals surface area contributed by atoms with Crippen LogP contribution in [0.15, 0.2) is 41.4 Å². The number of ether oxygens (including phenoxy) is 2. The highest BCUT2D eigenvalue weighted by Gasteiger charge is 2.33. The van der Waals surface area contributed by atoms with Crippen LogP contribution in [0.2, 0.25) is 0 Å². The molecule has 0 bridgehead atoms. The van der Waals surface area contributed by atoms with Crippen LogP contribution in [-0.2, 0) is 19.3 Å². The quantitative estimate of drug-likeness (QED) is 0.483. The van der Waals surface area contributed by atoms with Gasteiger partial charge in [-0.05, 0) is 35.4 Å². The fourth-order valence-electron chi connectivity index (χ4n) is 2.60. The molecule has 0 unspecified atom stereocenters. The molecule has 1 heterocycles. The first kappa shape index (κ1) is 18.8. The zero-order valence-corrected chi connectivity index (χ0v) is 14.4. The third kappa shape index (κ3) is 4.60. The van der Waals surface area contributed by atoms with Crippen LogP contribution in [0.3, 0.4) is 0 Å². The summed E-state index contributed by atoms with van der Waals surface area (Å²) in [6.07, 6.45) is -4.64. The van der Waals surface area contributed by atoms with Crippen molar-refractivity contribution in [3.8, 4) is 11.5 Å². The molecule has 5 nitrogen and oxygen atoms in total. The third-order valence-corrected chi connectivity index (χ3v) is 3.94. The van der Waals surface area contributed by atoms with E-state index in [0.717, 1.165) is 17.7 Å². The molecule has 2 aromatic carbocycles. The molecule has 0 spiro atoms. The van der Waals surface area contributed by atoms with E-state index in [9.17, 15) is 17.6 Å². The second kappa shape index (κ2) is 7.73. The largest absolute Gasteiger partial charge is 0.454 e. The topological polar surface area (TPSA) is 54.9 Å². The second-order valence-electron chi connectivity index (χ2n) is 5.77. The SMILES string of the molecule is CN=C(NCc1ccc2c(c1)OCO2)NCc1ccc(F)cc1C(F)(F)F. The molecular formula is C18H17F4N3O2. The molecular weight excluding hydrogens is 366 g/mol. The summed E-state index contributed by atoms with van der Waals surface area (Å²) in [5, 5.41) is 5.80. The predicted molar refractivity (Wildman–Crippen MR) is 91.0 cm³/mol. The molecule has 1 aliphatic heterocycles. The van der Waals surface area contributed by atoms with Gasteiger partial charge in [-0.3, -0.25) is 4.99 Å². The number of guanidine groups is 1. The van der Waals surface area contributed by atoms with Crippen molar-refractivity contribution >= 4 is 5.96 Å². The molecule has 2 aromatic rings. The zero-order chi connectivity index (χ0) is 19.4. The van der Waals surface area contributed by atoms with Gasteiger partial charge in [0.15, 0.2) is 17.5 Å². The maximum atomic E-state index is 13.2. The van der Waals surface area contributed by atoms with E-state index in [0.29, 0.717) is 30.1 Å². The minimum atomic E-state index is -4.64. The van der Waals surface area contributed by atoms with Crippen molar-refractivity contribution in [1.29, 1.82) is 0 Å². The van der Waals surface area contributed by atoms with E-state index in [4.69, 9.17) is 9.47 Å². The monoisotopic (exact) mass is 383 g/mol. The van der Waals surface area contributed by atoms with Crippen molar-refractivity contribution in [2.75, 3.05) is 13.8 Å². The van der Waals surface area contributed by atoms with E-state index < -0.39 is 17.6 Å². The van der Waals surface area contributed by atoms with Gasteiger partial charge in [-0.15, -0.1) is 0 Å². The summed E-state index contributed by atoms with van der Waals surface area (Å²) in [6.45, 7) is 0.399. The van der Waals surface area contributed by atoms with Crippen LogP contribution in [0.25, 0.3) is 0 Å². The number of nitrogens with one attached hydrogen (secondary N) is 2. The maximum absolute atomic E-state index is 13.2. The van der Waals surface area contributed by atoms with Crippen LogP contribution in [0.5, 0.6) is 11.5 Å². The lowest BCUT2D eigenvalue weighted by Gasteiger charge is -2.16. The molecule has 3 rings (SSSR count). The summed E-state index contributed by atoms with van der Waals surface area (Å²) in [5.41, 5.74) is -0.198. The van der Waals surface area contributed by atoms with E-state index >= 15 is 0 Å². The number of nitrogens with zero attached hydrogens (tertiary/aromatic N) is 1. The molecule has 0 amide bonds. The number of aliphatic imine (C=N–C) groups is 1. The zero-order valence-electron chi connectivity index (χ0n) is 14.4. The Morgan fingerprint density at radius 3 is 2.52 bits per heavy atom. The number of rotatable bonds is 4. The lowest BCUT2D eigenvalue weighted by Crippen LogP contribution is -2.36. The first-order chi connectivity index (χ1) is 12.9. The van der Waals surface area contributed by atoms with Gasteiger partial charge in [0.1, 0.15) is 5.82 Å². The summed E-state index contributed by atoms with van der Waals surface area (Å²) >= 11 is 0. The molecule has 0 aromatic heterocycles. The number of alkyl halides is 3. The number of benzene rings is 2. The molecule has 0 radical (unpaired) electrons. The van der Waals surface area contributed by atoms with Gasteiger partial charge in [-0.2, -0.15) is 13.2 Å². The van der Waals surface area contributed by atoms with Crippen LogP contribution in [0.1, 0.15) is 16.7 Å². The van der Waals surface area contributed by atoms with Gasteiger partial charge < -0.3 is 20.1 Å². The van der Waals surface area contributed by atoms with Gasteiger partial charge in [0, 0.05) is 20.1 Å². The van der Waals surface area contributed by atoms with Gasteiger partial charge in [-0.1, -0.05) is 12.1 Å². The molecule has 9 heteroatoms. The van der Waals surface area contributed by atoms with Crippen LogP contribution < -0.4 is 20.1 Å². The Labute approximate surface area is 153 Å². The second-order valence-corrected chi connectivity index (χ2v) is 5.77. The Balaban J connectivity index is 1.62. The fraction of sp³-hybridized carbons (Fsp3) is 0.278. The first-order valence-electron chi connectivity index (χ1n) is 8.05. The molecule has 1 aliphatic rings. The fourth-order valence-corrected chi connectivity index (χ4v) is 2.60. The van der Waals surface area contributed by atoms with Crippen LogP contribution >= 0.6 is 0 Å². The van der Waals surface area contributed by atoms with Gasteiger partial charge in [0.05, 0.1) is 5.56 Å². The number of fused-ring (bicyclic) bond motifs is 1. The van der Waals surface area contributed by atoms with Crippen molar-refractivity contribution in [3.05, 3.63) is 58.9 Å². The lowest BCUT2D eigenvalue weighted by atomic mass is 10.1. The highest BCUT2D eigenvalue weighted by atomic mass is 19.4. The number of hydrogen-bond acceptors (Lipinski definition) is 3. The van der Waals surface area contributed by atoms with E-state index in [2.05, 4.69) is 15.6 Å². The summed E-state index contributed by atoms with van der Waals surface area (Å²) in [6, 6.07) is 8.02. The summed E-state index contributed by atoms with van der Waals surface area (Å²) in [4.78, 5) is 3.98. The molecule has 144 valence electrons. The summed E-state index contributed by atoms with van der Waals surface area (Å²) in [5.74, 6) is 0.678. The Bertz CT molecular complexity index is 853. The van der Waals surface area contributed by atoms with Crippen LogP contribution in [-0.4, -0.2) is 19.8 Å². The molecule has 27 heavy (non-hydrogen) atoms. The van der Waals surface area contributed by atoms with Crippen LogP contribution in [0.4, 0.5) is 17.6 Å². The minimum Gasteiger partial charge on any atom is -0.454 e. The Morgan fingerprint density at radius 2 is 1.78 bits per heavy atom. The van der Waals surface area contributed by atoms with E-state index in [-0.39, 0.29) is 18.9 Å². The molecule has 0 aliphatic carbocycles. The Hall–Kier alpha value is -2.97. The molecule has 0 saturated carbocycles. The Morgan fingerprint density at radius 1 is 1.04 bits per heavy atom. The predicted octanol–water partition coefficient (Wildman–Crippen LogP) is 3.44. The van der Waals surface area contributed by atoms with E-state index in [1.807, 2.05) is 12.1 Å². The van der Waals surface area contributed by atoms with Crippen molar-refractivity contribution in [2.24, 2.45) is 4.99 Å². The highest BCUT2D eigenvalue weighted by Crippen LogP contribution is 2.33.